The van der Waals surface area contributed by atoms with Gasteiger partial charge in [0.2, 0.25) is 11.8 Å². The molecule has 0 radical (unpaired) electrons. The summed E-state index contributed by atoms with van der Waals surface area (Å²) in [5.41, 5.74) is 1.06. The zero-order chi connectivity index (χ0) is 20.5. The first-order chi connectivity index (χ1) is 13.0. The molecule has 0 rings (SSSR count). The summed E-state index contributed by atoms with van der Waals surface area (Å²) in [5, 5.41) is 2.93. The highest BCUT2D eigenvalue weighted by atomic mass is 16.2. The average Bonchev–Trinajstić information content (AvgIpc) is 2.66. The Labute approximate surface area is 166 Å². The topological polar surface area (TPSA) is 49.4 Å². The second-order valence-corrected chi connectivity index (χ2v) is 7.17. The molecule has 0 spiro atoms. The highest BCUT2D eigenvalue weighted by molar-refractivity contribution is 5.77. The summed E-state index contributed by atoms with van der Waals surface area (Å²) in [5.74, 6) is 0.951. The molecule has 0 bridgehead atoms. The Bertz CT molecular complexity index is 483. The standard InChI is InChI=1S/C23H40N2O2/c1-6-12-21(9-4)16-17-24-22(26)14-11-19-25(18-7-2)23(27)15-10-13-20(5)8-3/h6,9,12,20H,1,4,7-8,10-11,13-19H2,2-3,5H3,(H,24,26)/b21-12+/t20-/m0/s1. The van der Waals surface area contributed by atoms with Gasteiger partial charge in [0, 0.05) is 32.5 Å². The summed E-state index contributed by atoms with van der Waals surface area (Å²) in [6, 6.07) is 0. The molecular formula is C23H40N2O2. The van der Waals surface area contributed by atoms with Crippen LogP contribution in [0.2, 0.25) is 0 Å². The molecule has 0 aromatic heterocycles. The van der Waals surface area contributed by atoms with Gasteiger partial charge in [-0.3, -0.25) is 9.59 Å². The van der Waals surface area contributed by atoms with Gasteiger partial charge < -0.3 is 10.2 Å². The Morgan fingerprint density at radius 2 is 1.81 bits per heavy atom. The minimum atomic E-state index is 0.0395. The maximum absolute atomic E-state index is 12.4. The van der Waals surface area contributed by atoms with E-state index >= 15 is 0 Å². The smallest absolute Gasteiger partial charge is 0.222 e. The van der Waals surface area contributed by atoms with Crippen LogP contribution in [0.15, 0.2) is 37.0 Å². The van der Waals surface area contributed by atoms with E-state index in [-0.39, 0.29) is 11.8 Å². The van der Waals surface area contributed by atoms with E-state index < -0.39 is 0 Å². The van der Waals surface area contributed by atoms with Gasteiger partial charge >= 0.3 is 0 Å². The Morgan fingerprint density at radius 3 is 2.41 bits per heavy atom. The highest BCUT2D eigenvalue weighted by Gasteiger charge is 2.13. The van der Waals surface area contributed by atoms with Crippen LogP contribution < -0.4 is 5.32 Å². The van der Waals surface area contributed by atoms with Crippen LogP contribution >= 0.6 is 0 Å². The van der Waals surface area contributed by atoms with E-state index in [1.54, 1.807) is 12.2 Å². The number of allylic oxidation sites excluding steroid dienone is 3. The minimum Gasteiger partial charge on any atom is -0.356 e. The lowest BCUT2D eigenvalue weighted by molar-refractivity contribution is -0.132. The SMILES string of the molecule is C=C/C=C(\C=C)CCNC(=O)CCCN(CCC)C(=O)CCC[C@@H](C)CC. The minimum absolute atomic E-state index is 0.0395. The molecular weight excluding hydrogens is 336 g/mol. The largest absolute Gasteiger partial charge is 0.356 e. The number of rotatable bonds is 16. The van der Waals surface area contributed by atoms with Gasteiger partial charge in [-0.15, -0.1) is 0 Å². The molecule has 2 amide bonds. The van der Waals surface area contributed by atoms with Gasteiger partial charge in [0.1, 0.15) is 0 Å². The molecule has 0 aliphatic rings. The molecule has 154 valence electrons. The molecule has 0 aromatic carbocycles. The third-order valence-electron chi connectivity index (χ3n) is 4.79. The number of hydrogen-bond acceptors (Lipinski definition) is 2. The molecule has 0 aromatic rings. The third kappa shape index (κ3) is 13.0. The van der Waals surface area contributed by atoms with E-state index in [4.69, 9.17) is 0 Å². The van der Waals surface area contributed by atoms with Crippen LogP contribution in [-0.2, 0) is 9.59 Å². The van der Waals surface area contributed by atoms with Crippen LogP contribution in [0.4, 0.5) is 0 Å². The monoisotopic (exact) mass is 376 g/mol. The van der Waals surface area contributed by atoms with Crippen molar-refractivity contribution < 1.29 is 9.59 Å². The number of carbonyl (C=O) groups is 2. The fourth-order valence-electron chi connectivity index (χ4n) is 2.87. The molecule has 4 heteroatoms. The van der Waals surface area contributed by atoms with Gasteiger partial charge in [0.15, 0.2) is 0 Å². The van der Waals surface area contributed by atoms with E-state index in [1.807, 2.05) is 11.0 Å². The summed E-state index contributed by atoms with van der Waals surface area (Å²) in [6.07, 6.45) is 12.1. The first kappa shape index (κ1) is 25.2. The van der Waals surface area contributed by atoms with Crippen molar-refractivity contribution in [3.05, 3.63) is 37.0 Å². The maximum atomic E-state index is 12.4. The number of amides is 2. The van der Waals surface area contributed by atoms with Gasteiger partial charge in [0.25, 0.3) is 0 Å². The molecule has 0 aliphatic carbocycles. The van der Waals surface area contributed by atoms with Crippen LogP contribution in [0.3, 0.4) is 0 Å². The van der Waals surface area contributed by atoms with Crippen molar-refractivity contribution in [3.63, 3.8) is 0 Å². The first-order valence-electron chi connectivity index (χ1n) is 10.5. The Balaban J connectivity index is 4.13. The van der Waals surface area contributed by atoms with Crippen molar-refractivity contribution >= 4 is 11.8 Å². The number of carbonyl (C=O) groups excluding carboxylic acids is 2. The average molecular weight is 377 g/mol. The Hall–Kier alpha value is -1.84. The maximum Gasteiger partial charge on any atom is 0.222 e. The van der Waals surface area contributed by atoms with Crippen LogP contribution in [0, 0.1) is 5.92 Å². The molecule has 0 fully saturated rings. The molecule has 27 heavy (non-hydrogen) atoms. The van der Waals surface area contributed by atoms with Crippen LogP contribution in [-0.4, -0.2) is 36.3 Å². The van der Waals surface area contributed by atoms with Crippen molar-refractivity contribution in [2.24, 2.45) is 5.92 Å². The van der Waals surface area contributed by atoms with Crippen LogP contribution in [0.1, 0.15) is 72.1 Å². The number of hydrogen-bond donors (Lipinski definition) is 1. The molecule has 4 nitrogen and oxygen atoms in total. The van der Waals surface area contributed by atoms with Crippen molar-refractivity contribution in [1.82, 2.24) is 10.2 Å². The zero-order valence-corrected chi connectivity index (χ0v) is 17.8. The Kier molecular flexibility index (Phi) is 15.2. The van der Waals surface area contributed by atoms with Gasteiger partial charge in [-0.05, 0) is 37.2 Å². The van der Waals surface area contributed by atoms with E-state index in [9.17, 15) is 9.59 Å². The summed E-state index contributed by atoms with van der Waals surface area (Å²) < 4.78 is 0. The summed E-state index contributed by atoms with van der Waals surface area (Å²) in [6.45, 7) is 16.0. The summed E-state index contributed by atoms with van der Waals surface area (Å²) >= 11 is 0. The summed E-state index contributed by atoms with van der Waals surface area (Å²) in [7, 11) is 0. The van der Waals surface area contributed by atoms with E-state index in [0.717, 1.165) is 37.8 Å². The normalized spacial score (nSPS) is 12.3. The molecule has 1 atom stereocenters. The first-order valence-corrected chi connectivity index (χ1v) is 10.5. The molecule has 0 heterocycles. The number of nitrogens with one attached hydrogen (secondary N) is 1. The van der Waals surface area contributed by atoms with Gasteiger partial charge in [-0.1, -0.05) is 65.0 Å². The highest BCUT2D eigenvalue weighted by Crippen LogP contribution is 2.12. The molecule has 0 saturated carbocycles. The zero-order valence-electron chi connectivity index (χ0n) is 17.8. The van der Waals surface area contributed by atoms with Gasteiger partial charge in [-0.25, -0.2) is 0 Å². The lowest BCUT2D eigenvalue weighted by atomic mass is 10.0. The molecule has 0 saturated heterocycles. The lowest BCUT2D eigenvalue weighted by Crippen LogP contribution is -2.33. The van der Waals surface area contributed by atoms with Crippen molar-refractivity contribution in [2.45, 2.75) is 72.1 Å². The number of nitrogens with zero attached hydrogens (tertiary/aromatic N) is 1. The fourth-order valence-corrected chi connectivity index (χ4v) is 2.87. The molecule has 0 aliphatic heterocycles. The van der Waals surface area contributed by atoms with Gasteiger partial charge in [-0.2, -0.15) is 0 Å². The van der Waals surface area contributed by atoms with E-state index in [2.05, 4.69) is 39.2 Å². The van der Waals surface area contributed by atoms with Crippen LogP contribution in [0.5, 0.6) is 0 Å². The van der Waals surface area contributed by atoms with Gasteiger partial charge in [0.05, 0.1) is 0 Å². The van der Waals surface area contributed by atoms with Crippen molar-refractivity contribution in [2.75, 3.05) is 19.6 Å². The van der Waals surface area contributed by atoms with E-state index in [1.165, 1.54) is 6.42 Å². The quantitative estimate of drug-likeness (QED) is 0.384. The summed E-state index contributed by atoms with van der Waals surface area (Å²) in [4.78, 5) is 26.3. The second-order valence-electron chi connectivity index (χ2n) is 7.17. The lowest BCUT2D eigenvalue weighted by Gasteiger charge is -2.22. The molecule has 1 N–H and O–H groups in total. The molecule has 0 unspecified atom stereocenters. The van der Waals surface area contributed by atoms with Crippen molar-refractivity contribution in [1.29, 1.82) is 0 Å². The third-order valence-corrected chi connectivity index (χ3v) is 4.79. The second kappa shape index (κ2) is 16.3. The van der Waals surface area contributed by atoms with Crippen LogP contribution in [0.25, 0.3) is 0 Å². The van der Waals surface area contributed by atoms with Crippen molar-refractivity contribution in [3.8, 4) is 0 Å². The fraction of sp³-hybridized carbons (Fsp3) is 0.652. The Morgan fingerprint density at radius 1 is 1.07 bits per heavy atom. The predicted molar refractivity (Wildman–Crippen MR) is 116 cm³/mol. The van der Waals surface area contributed by atoms with E-state index in [0.29, 0.717) is 38.3 Å². The predicted octanol–water partition coefficient (Wildman–Crippen LogP) is 5.03.